The van der Waals surface area contributed by atoms with Crippen LogP contribution in [0.2, 0.25) is 0 Å². The number of aliphatic hydroxyl groups excluding tert-OH is 2. The second-order valence-electron chi connectivity index (χ2n) is 7.78. The van der Waals surface area contributed by atoms with Crippen LogP contribution in [-0.2, 0) is 4.79 Å². The Balaban J connectivity index is 2.52. The zero-order valence-corrected chi connectivity index (χ0v) is 18.4. The van der Waals surface area contributed by atoms with Gasteiger partial charge in [-0.25, -0.2) is 0 Å². The van der Waals surface area contributed by atoms with Crippen LogP contribution in [0.1, 0.15) is 64.7 Å². The first kappa shape index (κ1) is 25.5. The molecule has 0 aromatic carbocycles. The molecule has 0 spiro atoms. The molecule has 1 aliphatic carbocycles. The Morgan fingerprint density at radius 1 is 1.25 bits per heavy atom. The van der Waals surface area contributed by atoms with Gasteiger partial charge in [-0.3, -0.25) is 4.79 Å². The van der Waals surface area contributed by atoms with E-state index >= 15 is 0 Å². The van der Waals surface area contributed by atoms with Crippen LogP contribution in [0, 0.1) is 17.8 Å². The molecule has 0 aromatic heterocycles. The Morgan fingerprint density at radius 3 is 2.64 bits per heavy atom. The first-order valence-corrected chi connectivity index (χ1v) is 11.5. The molecule has 0 bridgehead atoms. The number of carboxylic acid groups (broad SMARTS) is 1. The van der Waals surface area contributed by atoms with Crippen molar-refractivity contribution >= 4 is 29.2 Å². The molecule has 0 radical (unpaired) electrons. The van der Waals surface area contributed by atoms with Crippen molar-refractivity contribution in [1.29, 1.82) is 0 Å². The number of unbranched alkanes of at least 4 members (excludes halogenated alkanes) is 1. The van der Waals surface area contributed by atoms with Crippen molar-refractivity contribution in [1.82, 2.24) is 0 Å². The summed E-state index contributed by atoms with van der Waals surface area (Å²) in [5.74, 6) is 0.242. The first-order chi connectivity index (χ1) is 13.4. The Morgan fingerprint density at radius 2 is 2.00 bits per heavy atom. The minimum absolute atomic E-state index is 0.0127. The Bertz CT molecular complexity index is 495. The van der Waals surface area contributed by atoms with E-state index in [0.717, 1.165) is 32.1 Å². The molecule has 1 fully saturated rings. The minimum atomic E-state index is -0.770. The second kappa shape index (κ2) is 14.4. The molecule has 28 heavy (non-hydrogen) atoms. The summed E-state index contributed by atoms with van der Waals surface area (Å²) in [5.41, 5.74) is 0. The summed E-state index contributed by atoms with van der Waals surface area (Å²) in [7, 11) is 0. The number of carbonyl (C=O) groups is 1. The number of hydrogen-bond donors (Lipinski definition) is 3. The van der Waals surface area contributed by atoms with Crippen LogP contribution < -0.4 is 0 Å². The fourth-order valence-corrected chi connectivity index (χ4v) is 4.59. The lowest BCUT2D eigenvalue weighted by Gasteiger charge is -2.21. The maximum absolute atomic E-state index is 10.5. The van der Waals surface area contributed by atoms with E-state index in [-0.39, 0.29) is 35.7 Å². The van der Waals surface area contributed by atoms with Crippen LogP contribution >= 0.6 is 23.2 Å². The fourth-order valence-electron chi connectivity index (χ4n) is 3.98. The third-order valence-corrected chi connectivity index (χ3v) is 6.49. The van der Waals surface area contributed by atoms with Crippen LogP contribution in [0.4, 0.5) is 0 Å². The largest absolute Gasteiger partial charge is 0.481 e. The zero-order chi connectivity index (χ0) is 20.9. The van der Waals surface area contributed by atoms with Crippen molar-refractivity contribution in [2.45, 2.75) is 82.3 Å². The topological polar surface area (TPSA) is 77.8 Å². The summed E-state index contributed by atoms with van der Waals surface area (Å²) in [6.07, 6.45) is 13.5. The lowest BCUT2D eigenvalue weighted by atomic mass is 9.89. The third kappa shape index (κ3) is 9.30. The molecule has 1 aliphatic rings. The van der Waals surface area contributed by atoms with Gasteiger partial charge in [0.25, 0.3) is 0 Å². The molecule has 4 nitrogen and oxygen atoms in total. The Kier molecular flexibility index (Phi) is 13.1. The number of aliphatic carboxylic acids is 1. The zero-order valence-electron chi connectivity index (χ0n) is 16.9. The maximum Gasteiger partial charge on any atom is 0.303 e. The van der Waals surface area contributed by atoms with Crippen LogP contribution in [-0.4, -0.2) is 44.8 Å². The van der Waals surface area contributed by atoms with Crippen molar-refractivity contribution in [3.63, 3.8) is 0 Å². The van der Waals surface area contributed by atoms with E-state index in [2.05, 4.69) is 13.0 Å². The monoisotopic (exact) mass is 434 g/mol. The van der Waals surface area contributed by atoms with E-state index in [1.54, 1.807) is 0 Å². The number of allylic oxidation sites excluding steroid dienone is 2. The van der Waals surface area contributed by atoms with Gasteiger partial charge in [0.1, 0.15) is 0 Å². The molecule has 0 aromatic rings. The Labute approximate surface area is 179 Å². The van der Waals surface area contributed by atoms with Gasteiger partial charge >= 0.3 is 5.97 Å². The number of alkyl halides is 2. The highest BCUT2D eigenvalue weighted by atomic mass is 35.5. The number of aliphatic hydroxyl groups is 2. The molecular formula is C22H36Cl2O4. The van der Waals surface area contributed by atoms with Crippen LogP contribution in [0.25, 0.3) is 0 Å². The third-order valence-electron chi connectivity index (χ3n) is 5.72. The SMILES string of the molecule is CCC(CCCCl)[C@@H](O)C/C=C/[C@@H]1[C@@H](C/C=C\CCCC(=O)O)[C@H](Cl)C[C@H]1O. The molecule has 0 saturated heterocycles. The summed E-state index contributed by atoms with van der Waals surface area (Å²) < 4.78 is 0. The van der Waals surface area contributed by atoms with E-state index in [9.17, 15) is 15.0 Å². The molecule has 1 rings (SSSR count). The minimum Gasteiger partial charge on any atom is -0.481 e. The predicted molar refractivity (Wildman–Crippen MR) is 116 cm³/mol. The average molecular weight is 435 g/mol. The predicted octanol–water partition coefficient (Wildman–Crippen LogP) is 5.14. The van der Waals surface area contributed by atoms with Gasteiger partial charge < -0.3 is 15.3 Å². The molecular weight excluding hydrogens is 399 g/mol. The molecule has 162 valence electrons. The highest BCUT2D eigenvalue weighted by Crippen LogP contribution is 2.39. The van der Waals surface area contributed by atoms with Crippen molar-refractivity contribution < 1.29 is 20.1 Å². The maximum atomic E-state index is 10.5. The average Bonchev–Trinajstić information content (AvgIpc) is 2.91. The van der Waals surface area contributed by atoms with Crippen molar-refractivity contribution in [2.24, 2.45) is 17.8 Å². The van der Waals surface area contributed by atoms with Crippen molar-refractivity contribution in [3.05, 3.63) is 24.3 Å². The van der Waals surface area contributed by atoms with Gasteiger partial charge in [0.2, 0.25) is 0 Å². The summed E-state index contributed by atoms with van der Waals surface area (Å²) in [6, 6.07) is 0. The van der Waals surface area contributed by atoms with Gasteiger partial charge in [0.05, 0.1) is 12.2 Å². The first-order valence-electron chi connectivity index (χ1n) is 10.5. The summed E-state index contributed by atoms with van der Waals surface area (Å²) in [4.78, 5) is 10.5. The van der Waals surface area contributed by atoms with Gasteiger partial charge in [-0.2, -0.15) is 0 Å². The lowest BCUT2D eigenvalue weighted by molar-refractivity contribution is -0.137. The second-order valence-corrected chi connectivity index (χ2v) is 8.72. The van der Waals surface area contributed by atoms with E-state index in [1.807, 2.05) is 18.2 Å². The molecule has 0 amide bonds. The molecule has 6 heteroatoms. The fraction of sp³-hybridized carbons (Fsp3) is 0.773. The smallest absolute Gasteiger partial charge is 0.303 e. The lowest BCUT2D eigenvalue weighted by Crippen LogP contribution is -2.20. The van der Waals surface area contributed by atoms with E-state index in [4.69, 9.17) is 28.3 Å². The number of carboxylic acids is 1. The van der Waals surface area contributed by atoms with Gasteiger partial charge in [-0.1, -0.05) is 37.6 Å². The van der Waals surface area contributed by atoms with E-state index in [0.29, 0.717) is 25.1 Å². The number of halogens is 2. The summed E-state index contributed by atoms with van der Waals surface area (Å²) in [6.45, 7) is 2.09. The summed E-state index contributed by atoms with van der Waals surface area (Å²) >= 11 is 12.2. The molecule has 0 heterocycles. The molecule has 3 N–H and O–H groups in total. The highest BCUT2D eigenvalue weighted by Gasteiger charge is 2.39. The molecule has 6 atom stereocenters. The molecule has 0 aliphatic heterocycles. The standard InChI is InChI=1S/C22H36Cl2O4/c1-2-16(9-8-14-23)20(25)12-7-11-18-17(19(24)15-21(18)26)10-5-3-4-6-13-22(27)28/h3,5,7,11,16-21,25-26H,2,4,6,8-10,12-15H2,1H3,(H,27,28)/b5-3-,11-7+/t16?,17-,18-,19-,20+,21-/m1/s1. The van der Waals surface area contributed by atoms with Crippen molar-refractivity contribution in [3.8, 4) is 0 Å². The number of hydrogen-bond acceptors (Lipinski definition) is 3. The van der Waals surface area contributed by atoms with Crippen LogP contribution in [0.15, 0.2) is 24.3 Å². The normalized spacial score (nSPS) is 27.6. The van der Waals surface area contributed by atoms with Gasteiger partial charge in [-0.15, -0.1) is 23.2 Å². The van der Waals surface area contributed by atoms with E-state index < -0.39 is 12.1 Å². The van der Waals surface area contributed by atoms with Crippen molar-refractivity contribution in [2.75, 3.05) is 5.88 Å². The van der Waals surface area contributed by atoms with Gasteiger partial charge in [0, 0.05) is 23.6 Å². The molecule has 1 unspecified atom stereocenters. The summed E-state index contributed by atoms with van der Waals surface area (Å²) in [5, 5.41) is 29.4. The Hall–Kier alpha value is -0.550. The van der Waals surface area contributed by atoms with E-state index in [1.165, 1.54) is 0 Å². The van der Waals surface area contributed by atoms with Gasteiger partial charge in [0.15, 0.2) is 0 Å². The molecule has 1 saturated carbocycles. The van der Waals surface area contributed by atoms with Gasteiger partial charge in [-0.05, 0) is 56.8 Å². The van der Waals surface area contributed by atoms with Crippen LogP contribution in [0.5, 0.6) is 0 Å². The quantitative estimate of drug-likeness (QED) is 0.200. The number of rotatable bonds is 14. The highest BCUT2D eigenvalue weighted by molar-refractivity contribution is 6.21. The van der Waals surface area contributed by atoms with Crippen LogP contribution in [0.3, 0.4) is 0 Å².